The van der Waals surface area contributed by atoms with Crippen molar-refractivity contribution in [2.24, 2.45) is 0 Å². The summed E-state index contributed by atoms with van der Waals surface area (Å²) in [5.41, 5.74) is 1.31. The van der Waals surface area contributed by atoms with Crippen molar-refractivity contribution < 1.29 is 19.1 Å². The number of carbonyl (C=O) groups is 2. The Kier molecular flexibility index (Phi) is 7.10. The fourth-order valence-corrected chi connectivity index (χ4v) is 2.37. The maximum atomic E-state index is 12.1. The highest BCUT2D eigenvalue weighted by Gasteiger charge is 2.08. The fourth-order valence-electron chi connectivity index (χ4n) is 2.05. The van der Waals surface area contributed by atoms with Gasteiger partial charge in [-0.3, -0.25) is 4.79 Å². The van der Waals surface area contributed by atoms with E-state index in [0.717, 1.165) is 5.56 Å². The summed E-state index contributed by atoms with van der Waals surface area (Å²) < 4.78 is 10.1. The first kappa shape index (κ1) is 19.1. The minimum Gasteiger partial charge on any atom is -0.482 e. The molecule has 0 fully saturated rings. The third kappa shape index (κ3) is 6.29. The first-order valence-electron chi connectivity index (χ1n) is 7.60. The van der Waals surface area contributed by atoms with E-state index in [1.807, 2.05) is 0 Å². The molecule has 1 N–H and O–H groups in total. The number of hydrogen-bond donors (Lipinski definition) is 1. The van der Waals surface area contributed by atoms with Crippen LogP contribution < -0.4 is 10.1 Å². The van der Waals surface area contributed by atoms with Gasteiger partial charge in [0.2, 0.25) is 5.91 Å². The molecule has 0 saturated heterocycles. The Morgan fingerprint density at radius 2 is 1.88 bits per heavy atom. The number of anilines is 1. The largest absolute Gasteiger partial charge is 0.482 e. The summed E-state index contributed by atoms with van der Waals surface area (Å²) in [5, 5.41) is 3.61. The van der Waals surface area contributed by atoms with Crippen molar-refractivity contribution in [1.82, 2.24) is 0 Å². The van der Waals surface area contributed by atoms with E-state index in [4.69, 9.17) is 32.7 Å². The predicted octanol–water partition coefficient (Wildman–Crippen LogP) is 4.12. The van der Waals surface area contributed by atoms with Crippen LogP contribution in [0.1, 0.15) is 12.5 Å². The highest BCUT2D eigenvalue weighted by atomic mass is 35.5. The lowest BCUT2D eigenvalue weighted by molar-refractivity contribution is -0.145. The highest BCUT2D eigenvalue weighted by Crippen LogP contribution is 2.23. The summed E-state index contributed by atoms with van der Waals surface area (Å²) in [6.07, 6.45) is 0.158. The number of rotatable bonds is 7. The third-order valence-corrected chi connectivity index (χ3v) is 3.87. The van der Waals surface area contributed by atoms with Crippen molar-refractivity contribution in [2.75, 3.05) is 18.5 Å². The summed E-state index contributed by atoms with van der Waals surface area (Å²) >= 11 is 11.8. The van der Waals surface area contributed by atoms with Crippen LogP contribution in [0.15, 0.2) is 42.5 Å². The van der Waals surface area contributed by atoms with E-state index in [9.17, 15) is 9.59 Å². The average Bonchev–Trinajstić information content (AvgIpc) is 2.57. The van der Waals surface area contributed by atoms with Gasteiger partial charge in [0, 0.05) is 11.8 Å². The zero-order valence-corrected chi connectivity index (χ0v) is 15.1. The van der Waals surface area contributed by atoms with Crippen molar-refractivity contribution in [3.8, 4) is 5.75 Å². The SMILES string of the molecule is CCOC(=O)COc1cccc(NC(=O)Cc2ccc(Cl)c(Cl)c2)c1. The molecule has 0 saturated carbocycles. The summed E-state index contributed by atoms with van der Waals surface area (Å²) in [6, 6.07) is 11.8. The summed E-state index contributed by atoms with van der Waals surface area (Å²) in [7, 11) is 0. The molecule has 132 valence electrons. The molecule has 2 rings (SSSR count). The van der Waals surface area contributed by atoms with Gasteiger partial charge in [0.25, 0.3) is 0 Å². The molecule has 0 aromatic heterocycles. The van der Waals surface area contributed by atoms with Crippen LogP contribution in [0.4, 0.5) is 5.69 Å². The molecule has 7 heteroatoms. The van der Waals surface area contributed by atoms with Gasteiger partial charge in [0.05, 0.1) is 23.1 Å². The number of hydrogen-bond acceptors (Lipinski definition) is 4. The van der Waals surface area contributed by atoms with Gasteiger partial charge in [-0.2, -0.15) is 0 Å². The van der Waals surface area contributed by atoms with Crippen LogP contribution in [0, 0.1) is 0 Å². The van der Waals surface area contributed by atoms with Crippen molar-refractivity contribution in [1.29, 1.82) is 0 Å². The minimum absolute atomic E-state index is 0.158. The molecule has 0 bridgehead atoms. The third-order valence-electron chi connectivity index (χ3n) is 3.13. The number of esters is 1. The quantitative estimate of drug-likeness (QED) is 0.732. The monoisotopic (exact) mass is 381 g/mol. The van der Waals surface area contributed by atoms with Gasteiger partial charge in [-0.25, -0.2) is 4.79 Å². The smallest absolute Gasteiger partial charge is 0.344 e. The molecule has 2 aromatic rings. The fraction of sp³-hybridized carbons (Fsp3) is 0.222. The zero-order valence-electron chi connectivity index (χ0n) is 13.6. The van der Waals surface area contributed by atoms with Crippen molar-refractivity contribution in [3.05, 3.63) is 58.1 Å². The van der Waals surface area contributed by atoms with Crippen molar-refractivity contribution in [3.63, 3.8) is 0 Å². The van der Waals surface area contributed by atoms with E-state index in [0.29, 0.717) is 28.1 Å². The Labute approximate surface area is 155 Å². The number of halogens is 2. The molecule has 0 aliphatic heterocycles. The average molecular weight is 382 g/mol. The number of amides is 1. The predicted molar refractivity (Wildman–Crippen MR) is 97.4 cm³/mol. The first-order valence-corrected chi connectivity index (χ1v) is 8.35. The molecule has 0 radical (unpaired) electrons. The van der Waals surface area contributed by atoms with Crippen LogP contribution in [0.25, 0.3) is 0 Å². The number of ether oxygens (including phenoxy) is 2. The summed E-state index contributed by atoms with van der Waals surface area (Å²) in [5.74, 6) is -0.196. The van der Waals surface area contributed by atoms with Gasteiger partial charge in [-0.05, 0) is 36.8 Å². The molecule has 1 amide bonds. The molecular weight excluding hydrogens is 365 g/mol. The minimum atomic E-state index is -0.448. The van der Waals surface area contributed by atoms with E-state index in [-0.39, 0.29) is 18.9 Å². The highest BCUT2D eigenvalue weighted by molar-refractivity contribution is 6.42. The molecule has 0 heterocycles. The van der Waals surface area contributed by atoms with Gasteiger partial charge in [0.15, 0.2) is 6.61 Å². The second kappa shape index (κ2) is 9.30. The molecule has 0 atom stereocenters. The van der Waals surface area contributed by atoms with Gasteiger partial charge < -0.3 is 14.8 Å². The maximum absolute atomic E-state index is 12.1. The summed E-state index contributed by atoms with van der Waals surface area (Å²) in [6.45, 7) is 1.84. The van der Waals surface area contributed by atoms with Crippen LogP contribution in [0.2, 0.25) is 10.0 Å². The van der Waals surface area contributed by atoms with E-state index in [2.05, 4.69) is 5.32 Å². The first-order chi connectivity index (χ1) is 12.0. The van der Waals surface area contributed by atoms with E-state index < -0.39 is 5.97 Å². The van der Waals surface area contributed by atoms with Gasteiger partial charge >= 0.3 is 5.97 Å². The molecule has 5 nitrogen and oxygen atoms in total. The molecule has 0 aliphatic carbocycles. The molecule has 2 aromatic carbocycles. The Hall–Kier alpha value is -2.24. The lowest BCUT2D eigenvalue weighted by Gasteiger charge is -2.09. The van der Waals surface area contributed by atoms with Gasteiger partial charge in [-0.1, -0.05) is 35.3 Å². The van der Waals surface area contributed by atoms with E-state index in [1.54, 1.807) is 49.4 Å². The van der Waals surface area contributed by atoms with Gasteiger partial charge in [0.1, 0.15) is 5.75 Å². The topological polar surface area (TPSA) is 64.6 Å². The Morgan fingerprint density at radius 3 is 2.60 bits per heavy atom. The molecule has 0 aliphatic rings. The molecule has 25 heavy (non-hydrogen) atoms. The lowest BCUT2D eigenvalue weighted by Crippen LogP contribution is -2.16. The normalized spacial score (nSPS) is 10.2. The second-order valence-electron chi connectivity index (χ2n) is 5.09. The van der Waals surface area contributed by atoms with Crippen molar-refractivity contribution >= 4 is 40.8 Å². The van der Waals surface area contributed by atoms with Crippen LogP contribution >= 0.6 is 23.2 Å². The van der Waals surface area contributed by atoms with Crippen molar-refractivity contribution in [2.45, 2.75) is 13.3 Å². The Bertz CT molecular complexity index is 764. The zero-order chi connectivity index (χ0) is 18.2. The van der Waals surface area contributed by atoms with E-state index >= 15 is 0 Å². The number of nitrogens with one attached hydrogen (secondary N) is 1. The standard InChI is InChI=1S/C18H17Cl2NO4/c1-2-24-18(23)11-25-14-5-3-4-13(10-14)21-17(22)9-12-6-7-15(19)16(20)8-12/h3-8,10H,2,9,11H2,1H3,(H,21,22). The Morgan fingerprint density at radius 1 is 1.08 bits per heavy atom. The van der Waals surface area contributed by atoms with Gasteiger partial charge in [-0.15, -0.1) is 0 Å². The van der Waals surface area contributed by atoms with Crippen LogP contribution in [0.3, 0.4) is 0 Å². The molecule has 0 unspecified atom stereocenters. The Balaban J connectivity index is 1.93. The summed E-state index contributed by atoms with van der Waals surface area (Å²) in [4.78, 5) is 23.4. The van der Waals surface area contributed by atoms with Crippen LogP contribution in [-0.2, 0) is 20.7 Å². The number of carbonyl (C=O) groups excluding carboxylic acids is 2. The maximum Gasteiger partial charge on any atom is 0.344 e. The number of benzene rings is 2. The second-order valence-corrected chi connectivity index (χ2v) is 5.91. The van der Waals surface area contributed by atoms with E-state index in [1.165, 1.54) is 0 Å². The molecular formula is C18H17Cl2NO4. The van der Waals surface area contributed by atoms with Crippen LogP contribution in [0.5, 0.6) is 5.75 Å². The lowest BCUT2D eigenvalue weighted by atomic mass is 10.1. The molecule has 0 spiro atoms. The van der Waals surface area contributed by atoms with Crippen LogP contribution in [-0.4, -0.2) is 25.1 Å².